The van der Waals surface area contributed by atoms with E-state index in [1.54, 1.807) is 18.3 Å². The van der Waals surface area contributed by atoms with Crippen molar-refractivity contribution in [3.05, 3.63) is 24.0 Å². The van der Waals surface area contributed by atoms with Crippen molar-refractivity contribution in [3.8, 4) is 0 Å². The minimum Gasteiger partial charge on any atom is -0.385 e. The van der Waals surface area contributed by atoms with Gasteiger partial charge in [-0.05, 0) is 25.5 Å². The Bertz CT molecular complexity index is 420. The largest absolute Gasteiger partial charge is 0.385 e. The first-order chi connectivity index (χ1) is 8.63. The van der Waals surface area contributed by atoms with Crippen LogP contribution in [0.3, 0.4) is 0 Å². The van der Waals surface area contributed by atoms with Crippen LogP contribution >= 0.6 is 0 Å². The summed E-state index contributed by atoms with van der Waals surface area (Å²) >= 11 is 0. The fourth-order valence-corrected chi connectivity index (χ4v) is 1.42. The Kier molecular flexibility index (Phi) is 5.63. The summed E-state index contributed by atoms with van der Waals surface area (Å²) in [7, 11) is 0. The third kappa shape index (κ3) is 4.82. The van der Waals surface area contributed by atoms with Crippen LogP contribution in [-0.4, -0.2) is 29.9 Å². The van der Waals surface area contributed by atoms with Crippen LogP contribution in [0.2, 0.25) is 0 Å². The Morgan fingerprint density at radius 1 is 1.44 bits per heavy atom. The number of primary amides is 1. The van der Waals surface area contributed by atoms with Crippen LogP contribution in [-0.2, 0) is 4.79 Å². The maximum Gasteiger partial charge on any atom is 0.269 e. The number of hydrogen-bond acceptors (Lipinski definition) is 4. The lowest BCUT2D eigenvalue weighted by Crippen LogP contribution is -2.26. The Morgan fingerprint density at radius 2 is 2.22 bits per heavy atom. The van der Waals surface area contributed by atoms with Gasteiger partial charge < -0.3 is 16.4 Å². The number of anilines is 1. The minimum atomic E-state index is -0.364. The van der Waals surface area contributed by atoms with Crippen molar-refractivity contribution in [2.24, 2.45) is 5.73 Å². The van der Waals surface area contributed by atoms with Gasteiger partial charge in [-0.1, -0.05) is 0 Å². The second-order valence-electron chi connectivity index (χ2n) is 3.79. The molecule has 1 heterocycles. The first-order valence-corrected chi connectivity index (χ1v) is 5.90. The molecule has 2 amide bonds. The van der Waals surface area contributed by atoms with Crippen molar-refractivity contribution in [2.75, 3.05) is 18.4 Å². The third-order valence-corrected chi connectivity index (χ3v) is 2.26. The Balaban J connectivity index is 2.45. The predicted octanol–water partition coefficient (Wildman–Crippen LogP) is 0.509. The number of nitrogens with two attached hydrogens (primary N) is 1. The summed E-state index contributed by atoms with van der Waals surface area (Å²) < 4.78 is 0. The van der Waals surface area contributed by atoms with E-state index < -0.39 is 0 Å². The molecule has 0 radical (unpaired) electrons. The van der Waals surface area contributed by atoms with Gasteiger partial charge in [0.15, 0.2) is 0 Å². The van der Waals surface area contributed by atoms with Crippen LogP contribution in [0.15, 0.2) is 18.3 Å². The smallest absolute Gasteiger partial charge is 0.269 e. The number of pyridine rings is 1. The highest BCUT2D eigenvalue weighted by atomic mass is 16.2. The third-order valence-electron chi connectivity index (χ3n) is 2.26. The lowest BCUT2D eigenvalue weighted by Gasteiger charge is -2.06. The molecule has 0 saturated heterocycles. The summed E-state index contributed by atoms with van der Waals surface area (Å²) in [4.78, 5) is 26.2. The molecule has 0 bridgehead atoms. The second-order valence-corrected chi connectivity index (χ2v) is 3.79. The lowest BCUT2D eigenvalue weighted by molar-refractivity contribution is -0.118. The number of nitrogens with one attached hydrogen (secondary N) is 2. The van der Waals surface area contributed by atoms with Crippen molar-refractivity contribution in [1.29, 1.82) is 0 Å². The Labute approximate surface area is 106 Å². The number of carbonyl (C=O) groups excluding carboxylic acids is 2. The predicted molar refractivity (Wildman–Crippen MR) is 69.2 cm³/mol. The molecule has 0 aliphatic carbocycles. The van der Waals surface area contributed by atoms with Gasteiger partial charge in [0, 0.05) is 31.4 Å². The summed E-state index contributed by atoms with van der Waals surface area (Å²) in [6.07, 6.45) is 2.38. The molecule has 6 nitrogen and oxygen atoms in total. The summed E-state index contributed by atoms with van der Waals surface area (Å²) in [5.74, 6) is -0.615. The lowest BCUT2D eigenvalue weighted by atomic mass is 10.2. The zero-order chi connectivity index (χ0) is 13.4. The minimum absolute atomic E-state index is 0.251. The van der Waals surface area contributed by atoms with E-state index in [1.165, 1.54) is 0 Å². The van der Waals surface area contributed by atoms with E-state index in [1.807, 2.05) is 6.92 Å². The van der Waals surface area contributed by atoms with Crippen molar-refractivity contribution < 1.29 is 9.59 Å². The summed E-state index contributed by atoms with van der Waals surface area (Å²) in [6.45, 7) is 3.17. The molecule has 4 N–H and O–H groups in total. The zero-order valence-corrected chi connectivity index (χ0v) is 10.4. The van der Waals surface area contributed by atoms with E-state index >= 15 is 0 Å². The average molecular weight is 250 g/mol. The van der Waals surface area contributed by atoms with E-state index in [-0.39, 0.29) is 18.2 Å². The molecule has 0 spiro atoms. The van der Waals surface area contributed by atoms with E-state index in [4.69, 9.17) is 5.73 Å². The van der Waals surface area contributed by atoms with Crippen molar-refractivity contribution in [3.63, 3.8) is 0 Å². The van der Waals surface area contributed by atoms with Crippen LogP contribution < -0.4 is 16.4 Å². The Morgan fingerprint density at radius 3 is 2.89 bits per heavy atom. The highest BCUT2D eigenvalue weighted by Crippen LogP contribution is 2.07. The quantitative estimate of drug-likeness (QED) is 0.614. The van der Waals surface area contributed by atoms with Crippen LogP contribution in [0.25, 0.3) is 0 Å². The highest BCUT2D eigenvalue weighted by Gasteiger charge is 2.07. The molecule has 0 fully saturated rings. The van der Waals surface area contributed by atoms with Crippen molar-refractivity contribution >= 4 is 17.5 Å². The monoisotopic (exact) mass is 250 g/mol. The number of amides is 2. The van der Waals surface area contributed by atoms with Gasteiger partial charge in [-0.2, -0.15) is 0 Å². The molecule has 1 rings (SSSR count). The molecular weight excluding hydrogens is 232 g/mol. The molecular formula is C12H18N4O2. The maximum absolute atomic E-state index is 11.7. The molecule has 6 heteroatoms. The van der Waals surface area contributed by atoms with E-state index in [9.17, 15) is 9.59 Å². The fraction of sp³-hybridized carbons (Fsp3) is 0.417. The maximum atomic E-state index is 11.7. The van der Waals surface area contributed by atoms with Gasteiger partial charge in [0.1, 0.15) is 5.69 Å². The van der Waals surface area contributed by atoms with Crippen LogP contribution in [0.1, 0.15) is 30.3 Å². The van der Waals surface area contributed by atoms with Gasteiger partial charge in [0.2, 0.25) is 5.91 Å². The number of aromatic nitrogens is 1. The Hall–Kier alpha value is -2.11. The molecule has 1 aromatic heterocycles. The van der Waals surface area contributed by atoms with E-state index in [0.29, 0.717) is 18.7 Å². The topological polar surface area (TPSA) is 97.1 Å². The number of rotatable bonds is 7. The van der Waals surface area contributed by atoms with Crippen LogP contribution in [0.4, 0.5) is 5.69 Å². The van der Waals surface area contributed by atoms with Gasteiger partial charge in [-0.25, -0.2) is 0 Å². The van der Waals surface area contributed by atoms with E-state index in [2.05, 4.69) is 15.6 Å². The first kappa shape index (κ1) is 14.0. The zero-order valence-electron chi connectivity index (χ0n) is 10.4. The van der Waals surface area contributed by atoms with Crippen molar-refractivity contribution in [1.82, 2.24) is 10.3 Å². The van der Waals surface area contributed by atoms with E-state index in [0.717, 1.165) is 12.2 Å². The normalized spacial score (nSPS) is 9.83. The molecule has 0 atom stereocenters. The first-order valence-electron chi connectivity index (χ1n) is 5.90. The average Bonchev–Trinajstić information content (AvgIpc) is 2.35. The molecule has 0 aliphatic rings. The summed E-state index contributed by atoms with van der Waals surface area (Å²) in [5, 5.41) is 5.79. The van der Waals surface area contributed by atoms with Crippen molar-refractivity contribution in [2.45, 2.75) is 19.8 Å². The number of nitrogens with zero attached hydrogens (tertiary/aromatic N) is 1. The SMILES string of the molecule is CCNc1ccnc(C(=O)NCCCC(N)=O)c1. The second kappa shape index (κ2) is 7.26. The number of carbonyl (C=O) groups is 2. The standard InChI is InChI=1S/C12H18N4O2/c1-2-14-9-5-7-15-10(8-9)12(18)16-6-3-4-11(13)17/h5,7-8H,2-4,6H2,1H3,(H2,13,17)(H,14,15)(H,16,18). The van der Waals surface area contributed by atoms with Crippen LogP contribution in [0, 0.1) is 0 Å². The number of hydrogen-bond donors (Lipinski definition) is 3. The highest BCUT2D eigenvalue weighted by molar-refractivity contribution is 5.93. The molecule has 0 saturated carbocycles. The van der Waals surface area contributed by atoms with Crippen LogP contribution in [0.5, 0.6) is 0 Å². The van der Waals surface area contributed by atoms with Gasteiger partial charge >= 0.3 is 0 Å². The molecule has 0 aliphatic heterocycles. The van der Waals surface area contributed by atoms with Gasteiger partial charge in [0.05, 0.1) is 0 Å². The van der Waals surface area contributed by atoms with Gasteiger partial charge in [-0.15, -0.1) is 0 Å². The summed E-state index contributed by atoms with van der Waals surface area (Å²) in [6, 6.07) is 3.49. The molecule has 98 valence electrons. The molecule has 18 heavy (non-hydrogen) atoms. The fourth-order valence-electron chi connectivity index (χ4n) is 1.42. The van der Waals surface area contributed by atoms with Gasteiger partial charge in [-0.3, -0.25) is 14.6 Å². The molecule has 0 unspecified atom stereocenters. The summed E-state index contributed by atoms with van der Waals surface area (Å²) in [5.41, 5.74) is 6.21. The van der Waals surface area contributed by atoms with Gasteiger partial charge in [0.25, 0.3) is 5.91 Å². The molecule has 0 aromatic carbocycles. The molecule has 1 aromatic rings.